The molecule has 0 fully saturated rings. The summed E-state index contributed by atoms with van der Waals surface area (Å²) >= 11 is 0. The Hall–Kier alpha value is -1.58. The Bertz CT molecular complexity index is 251. The highest BCUT2D eigenvalue weighted by Crippen LogP contribution is 2.02. The zero-order valence-corrected chi connectivity index (χ0v) is 5.73. The molecule has 0 aliphatic heterocycles. The van der Waals surface area contributed by atoms with E-state index < -0.39 is 0 Å². The largest absolute Gasteiger partial charge is 0.461 e. The van der Waals surface area contributed by atoms with Crippen LogP contribution < -0.4 is 0 Å². The normalized spacial score (nSPS) is 10.5. The molecule has 1 aromatic rings. The first-order valence-electron chi connectivity index (χ1n) is 3.07. The Morgan fingerprint density at radius 1 is 1.82 bits per heavy atom. The quantitative estimate of drug-likeness (QED) is 0.308. The molecule has 1 rings (SSSR count). The van der Waals surface area contributed by atoms with Gasteiger partial charge < -0.3 is 9.62 Å². The van der Waals surface area contributed by atoms with Crippen LogP contribution in [0.4, 0.5) is 0 Å². The number of ketones is 1. The van der Waals surface area contributed by atoms with Gasteiger partial charge in [0.15, 0.2) is 5.76 Å². The topological polar surface area (TPSA) is 62.8 Å². The Morgan fingerprint density at radius 3 is 3.18 bits per heavy atom. The molecule has 4 heteroatoms. The fourth-order valence-electron chi connectivity index (χ4n) is 0.662. The van der Waals surface area contributed by atoms with E-state index in [4.69, 9.17) is 9.62 Å². The molecule has 0 aliphatic rings. The third-order valence-corrected chi connectivity index (χ3v) is 1.15. The molecule has 0 amide bonds. The van der Waals surface area contributed by atoms with Gasteiger partial charge in [-0.25, -0.2) is 0 Å². The first-order valence-corrected chi connectivity index (χ1v) is 3.07. The lowest BCUT2D eigenvalue weighted by atomic mass is 10.2. The number of nitrogens with zero attached hydrogens (tertiary/aromatic N) is 1. The molecule has 0 aliphatic carbocycles. The fraction of sp³-hybridized carbons (Fsp3) is 0.143. The Kier molecular flexibility index (Phi) is 2.43. The average molecular weight is 153 g/mol. The minimum absolute atomic E-state index is 0.0595. The minimum atomic E-state index is -0.201. The van der Waals surface area contributed by atoms with Gasteiger partial charge in [0.1, 0.15) is 0 Å². The van der Waals surface area contributed by atoms with Crippen molar-refractivity contribution in [1.82, 2.24) is 0 Å². The maximum Gasteiger partial charge on any atom is 0.203 e. The molecule has 0 atom stereocenters. The van der Waals surface area contributed by atoms with E-state index in [0.29, 0.717) is 0 Å². The van der Waals surface area contributed by atoms with Crippen molar-refractivity contribution >= 4 is 12.0 Å². The standard InChI is InChI=1S/C7H7NO3/c9-6(3-4-8-10)7-2-1-5-11-7/h1-2,4-5,10H,3H2/b8-4+. The number of carbonyl (C=O) groups is 1. The van der Waals surface area contributed by atoms with E-state index in [1.807, 2.05) is 0 Å². The lowest BCUT2D eigenvalue weighted by Gasteiger charge is -1.87. The summed E-state index contributed by atoms with van der Waals surface area (Å²) in [5, 5.41) is 10.7. The molecule has 58 valence electrons. The van der Waals surface area contributed by atoms with Crippen LogP contribution in [-0.4, -0.2) is 17.2 Å². The molecule has 0 bridgehead atoms. The summed E-state index contributed by atoms with van der Waals surface area (Å²) in [5.41, 5.74) is 0. The van der Waals surface area contributed by atoms with Crippen molar-refractivity contribution in [2.24, 2.45) is 5.16 Å². The van der Waals surface area contributed by atoms with Gasteiger partial charge in [-0.3, -0.25) is 4.79 Å². The van der Waals surface area contributed by atoms with Crippen molar-refractivity contribution in [3.05, 3.63) is 24.2 Å². The van der Waals surface area contributed by atoms with Gasteiger partial charge >= 0.3 is 0 Å². The molecule has 0 unspecified atom stereocenters. The summed E-state index contributed by atoms with van der Waals surface area (Å²) in [5.74, 6) is 0.0812. The van der Waals surface area contributed by atoms with Crippen LogP contribution in [0.25, 0.3) is 0 Å². The number of oxime groups is 1. The molecule has 1 heterocycles. The smallest absolute Gasteiger partial charge is 0.203 e. The molecule has 1 N–H and O–H groups in total. The molecule has 0 spiro atoms. The van der Waals surface area contributed by atoms with Crippen molar-refractivity contribution in [2.45, 2.75) is 6.42 Å². The summed E-state index contributed by atoms with van der Waals surface area (Å²) in [6.07, 6.45) is 2.60. The van der Waals surface area contributed by atoms with E-state index >= 15 is 0 Å². The Balaban J connectivity index is 2.56. The molecule has 4 nitrogen and oxygen atoms in total. The van der Waals surface area contributed by atoms with Crippen molar-refractivity contribution in [3.8, 4) is 0 Å². The monoisotopic (exact) mass is 153 g/mol. The predicted molar refractivity (Wildman–Crippen MR) is 37.9 cm³/mol. The molecule has 11 heavy (non-hydrogen) atoms. The van der Waals surface area contributed by atoms with Crippen LogP contribution in [0.5, 0.6) is 0 Å². The minimum Gasteiger partial charge on any atom is -0.461 e. The van der Waals surface area contributed by atoms with Gasteiger partial charge in [-0.1, -0.05) is 0 Å². The van der Waals surface area contributed by atoms with Crippen LogP contribution in [0.2, 0.25) is 0 Å². The summed E-state index contributed by atoms with van der Waals surface area (Å²) in [7, 11) is 0. The Labute approximate surface area is 63.1 Å². The maximum atomic E-state index is 11.0. The molecule has 0 aromatic carbocycles. The van der Waals surface area contributed by atoms with Crippen LogP contribution in [-0.2, 0) is 0 Å². The number of carbonyl (C=O) groups excluding carboxylic acids is 1. The van der Waals surface area contributed by atoms with E-state index in [1.165, 1.54) is 6.26 Å². The highest BCUT2D eigenvalue weighted by atomic mass is 16.4. The summed E-state index contributed by atoms with van der Waals surface area (Å²) in [6.45, 7) is 0. The first kappa shape index (κ1) is 7.53. The summed E-state index contributed by atoms with van der Waals surface area (Å²) < 4.78 is 4.80. The van der Waals surface area contributed by atoms with Crippen molar-refractivity contribution in [1.29, 1.82) is 0 Å². The van der Waals surface area contributed by atoms with Gasteiger partial charge in [0.05, 0.1) is 18.9 Å². The van der Waals surface area contributed by atoms with Crippen LogP contribution in [0.1, 0.15) is 17.0 Å². The van der Waals surface area contributed by atoms with Gasteiger partial charge in [0.2, 0.25) is 5.78 Å². The molecular formula is C7H7NO3. The number of furan rings is 1. The number of Topliss-reactive ketones (excluding diaryl/α,β-unsaturated/α-hetero) is 1. The molecule has 1 aromatic heterocycles. The summed E-state index contributed by atoms with van der Waals surface area (Å²) in [6, 6.07) is 3.19. The van der Waals surface area contributed by atoms with Gasteiger partial charge in [-0.05, 0) is 12.1 Å². The van der Waals surface area contributed by atoms with E-state index in [0.717, 1.165) is 6.21 Å². The molecule has 0 saturated heterocycles. The second kappa shape index (κ2) is 3.55. The first-order chi connectivity index (χ1) is 5.34. The van der Waals surface area contributed by atoms with Crippen molar-refractivity contribution in [3.63, 3.8) is 0 Å². The summed E-state index contributed by atoms with van der Waals surface area (Å²) in [4.78, 5) is 11.0. The number of hydrogen-bond acceptors (Lipinski definition) is 4. The Morgan fingerprint density at radius 2 is 2.64 bits per heavy atom. The van der Waals surface area contributed by atoms with Gasteiger partial charge in [0.25, 0.3) is 0 Å². The second-order valence-corrected chi connectivity index (χ2v) is 1.90. The highest BCUT2D eigenvalue weighted by molar-refractivity contribution is 6.01. The third-order valence-electron chi connectivity index (χ3n) is 1.15. The van der Waals surface area contributed by atoms with Crippen LogP contribution >= 0.6 is 0 Å². The van der Waals surface area contributed by atoms with E-state index in [2.05, 4.69) is 5.16 Å². The fourth-order valence-corrected chi connectivity index (χ4v) is 0.662. The highest BCUT2D eigenvalue weighted by Gasteiger charge is 2.05. The zero-order chi connectivity index (χ0) is 8.10. The van der Waals surface area contributed by atoms with Crippen LogP contribution in [0.15, 0.2) is 28.0 Å². The van der Waals surface area contributed by atoms with E-state index in [1.54, 1.807) is 12.1 Å². The van der Waals surface area contributed by atoms with Crippen LogP contribution in [0.3, 0.4) is 0 Å². The molecular weight excluding hydrogens is 146 g/mol. The lowest BCUT2D eigenvalue weighted by Crippen LogP contribution is -1.96. The van der Waals surface area contributed by atoms with E-state index in [-0.39, 0.29) is 18.0 Å². The maximum absolute atomic E-state index is 11.0. The van der Waals surface area contributed by atoms with Crippen LogP contribution in [0, 0.1) is 0 Å². The average Bonchev–Trinajstić information content (AvgIpc) is 2.52. The number of rotatable bonds is 3. The zero-order valence-electron chi connectivity index (χ0n) is 5.73. The lowest BCUT2D eigenvalue weighted by molar-refractivity contribution is 0.0974. The SMILES string of the molecule is O=C(C/C=N/O)c1ccco1. The van der Waals surface area contributed by atoms with Gasteiger partial charge in [-0.2, -0.15) is 0 Å². The third kappa shape index (κ3) is 1.93. The van der Waals surface area contributed by atoms with Gasteiger partial charge in [-0.15, -0.1) is 5.16 Å². The second-order valence-electron chi connectivity index (χ2n) is 1.90. The van der Waals surface area contributed by atoms with Crippen molar-refractivity contribution in [2.75, 3.05) is 0 Å². The molecule has 0 radical (unpaired) electrons. The van der Waals surface area contributed by atoms with Gasteiger partial charge in [0, 0.05) is 0 Å². The molecule has 0 saturated carbocycles. The predicted octanol–water partition coefficient (Wildman–Crippen LogP) is 1.31. The van der Waals surface area contributed by atoms with E-state index in [9.17, 15) is 4.79 Å². The number of hydrogen-bond donors (Lipinski definition) is 1. The van der Waals surface area contributed by atoms with Crippen molar-refractivity contribution < 1.29 is 14.4 Å².